The van der Waals surface area contributed by atoms with E-state index in [0.29, 0.717) is 23.8 Å². The minimum absolute atomic E-state index is 0.134. The average molecular weight is 531 g/mol. The van der Waals surface area contributed by atoms with Crippen LogP contribution in [0, 0.1) is 17.2 Å². The van der Waals surface area contributed by atoms with Crippen molar-refractivity contribution in [3.05, 3.63) is 82.7 Å². The molecule has 1 fully saturated rings. The zero-order chi connectivity index (χ0) is 27.7. The van der Waals surface area contributed by atoms with Gasteiger partial charge in [0, 0.05) is 5.56 Å². The minimum atomic E-state index is -0.245. The second-order valence-corrected chi connectivity index (χ2v) is 11.8. The number of benzene rings is 3. The zero-order valence-corrected chi connectivity index (χ0v) is 23.7. The molecule has 2 aliphatic rings. The third kappa shape index (κ3) is 5.41. The van der Waals surface area contributed by atoms with Crippen molar-refractivity contribution in [2.45, 2.75) is 71.3 Å². The molecule has 0 radical (unpaired) electrons. The first-order valence-electron chi connectivity index (χ1n) is 14.0. The van der Waals surface area contributed by atoms with Crippen LogP contribution < -0.4 is 9.47 Å². The Morgan fingerprint density at radius 1 is 0.974 bits per heavy atom. The summed E-state index contributed by atoms with van der Waals surface area (Å²) in [6.07, 6.45) is 5.31. The molecule has 1 saturated carbocycles. The van der Waals surface area contributed by atoms with Gasteiger partial charge in [0.1, 0.15) is 23.9 Å². The Balaban J connectivity index is 1.43. The first-order valence-corrected chi connectivity index (χ1v) is 14.0. The van der Waals surface area contributed by atoms with Crippen molar-refractivity contribution in [1.82, 2.24) is 0 Å². The number of ether oxygens (including phenoxy) is 3. The number of halogens is 1. The van der Waals surface area contributed by atoms with Crippen molar-refractivity contribution in [3.8, 4) is 22.6 Å². The van der Waals surface area contributed by atoms with Crippen LogP contribution >= 0.6 is 0 Å². The third-order valence-corrected chi connectivity index (χ3v) is 9.04. The normalized spacial score (nSPS) is 20.4. The van der Waals surface area contributed by atoms with E-state index in [1.54, 1.807) is 19.2 Å². The molecule has 0 bridgehead atoms. The summed E-state index contributed by atoms with van der Waals surface area (Å²) < 4.78 is 31.8. The van der Waals surface area contributed by atoms with Gasteiger partial charge in [0.05, 0.1) is 20.1 Å². The predicted molar refractivity (Wildman–Crippen MR) is 152 cm³/mol. The first kappa shape index (κ1) is 27.2. The van der Waals surface area contributed by atoms with Crippen LogP contribution in [-0.2, 0) is 22.6 Å². The summed E-state index contributed by atoms with van der Waals surface area (Å²) in [6, 6.07) is 17.5. The van der Waals surface area contributed by atoms with E-state index < -0.39 is 0 Å². The lowest BCUT2D eigenvalue weighted by atomic mass is 9.75. The van der Waals surface area contributed by atoms with Crippen molar-refractivity contribution in [2.75, 3.05) is 14.2 Å². The average Bonchev–Trinajstić information content (AvgIpc) is 3.53. The maximum atomic E-state index is 15.1. The fourth-order valence-corrected chi connectivity index (χ4v) is 6.71. The first-order chi connectivity index (χ1) is 18.7. The van der Waals surface area contributed by atoms with Crippen LogP contribution in [0.2, 0.25) is 0 Å². The van der Waals surface area contributed by atoms with Crippen LogP contribution in [0.5, 0.6) is 11.5 Å². The van der Waals surface area contributed by atoms with Crippen LogP contribution in [0.3, 0.4) is 0 Å². The third-order valence-electron chi connectivity index (χ3n) is 9.04. The Hall–Kier alpha value is -3.34. The molecule has 0 unspecified atom stereocenters. The Kier molecular flexibility index (Phi) is 7.70. The van der Waals surface area contributed by atoms with Gasteiger partial charge in [0.15, 0.2) is 0 Å². The topological polar surface area (TPSA) is 44.8 Å². The van der Waals surface area contributed by atoms with E-state index in [2.05, 4.69) is 32.0 Å². The molecule has 5 rings (SSSR count). The van der Waals surface area contributed by atoms with E-state index in [9.17, 15) is 4.79 Å². The Morgan fingerprint density at radius 3 is 2.49 bits per heavy atom. The second kappa shape index (κ2) is 11.0. The van der Waals surface area contributed by atoms with Crippen molar-refractivity contribution >= 4 is 5.97 Å². The number of carbonyl (C=O) groups excluding carboxylic acids is 1. The van der Waals surface area contributed by atoms with E-state index in [-0.39, 0.29) is 29.0 Å². The lowest BCUT2D eigenvalue weighted by Gasteiger charge is -2.30. The fraction of sp³-hybridized carbons (Fsp3) is 0.441. The summed E-state index contributed by atoms with van der Waals surface area (Å²) in [5.41, 5.74) is 6.32. The van der Waals surface area contributed by atoms with Crippen LogP contribution in [0.4, 0.5) is 4.39 Å². The molecule has 0 aliphatic heterocycles. The second-order valence-electron chi connectivity index (χ2n) is 11.8. The molecule has 0 amide bonds. The van der Waals surface area contributed by atoms with E-state index >= 15 is 4.39 Å². The summed E-state index contributed by atoms with van der Waals surface area (Å²) >= 11 is 0. The summed E-state index contributed by atoms with van der Waals surface area (Å²) in [6.45, 7) is 6.99. The number of hydrogen-bond donors (Lipinski definition) is 0. The number of rotatable bonds is 8. The number of carbonyl (C=O) groups is 1. The molecular weight excluding hydrogens is 491 g/mol. The Morgan fingerprint density at radius 2 is 1.77 bits per heavy atom. The highest BCUT2D eigenvalue weighted by atomic mass is 19.1. The van der Waals surface area contributed by atoms with Gasteiger partial charge in [0.2, 0.25) is 0 Å². The van der Waals surface area contributed by atoms with Crippen LogP contribution in [0.15, 0.2) is 54.6 Å². The summed E-state index contributed by atoms with van der Waals surface area (Å²) in [7, 11) is 3.05. The van der Waals surface area contributed by atoms with Gasteiger partial charge in [-0.05, 0) is 101 Å². The van der Waals surface area contributed by atoms with Crippen molar-refractivity contribution < 1.29 is 23.4 Å². The predicted octanol–water partition coefficient (Wildman–Crippen LogP) is 8.21. The highest BCUT2D eigenvalue weighted by Crippen LogP contribution is 2.51. The van der Waals surface area contributed by atoms with Crippen molar-refractivity contribution in [2.24, 2.45) is 11.3 Å². The number of aryl methyl sites for hydroxylation is 1. The molecule has 0 saturated heterocycles. The van der Waals surface area contributed by atoms with E-state index in [0.717, 1.165) is 42.6 Å². The summed E-state index contributed by atoms with van der Waals surface area (Å²) in [5.74, 6) is 1.31. The molecule has 0 aromatic heterocycles. The van der Waals surface area contributed by atoms with Gasteiger partial charge in [-0.25, -0.2) is 4.39 Å². The van der Waals surface area contributed by atoms with Gasteiger partial charge < -0.3 is 14.2 Å². The monoisotopic (exact) mass is 530 g/mol. The van der Waals surface area contributed by atoms with Gasteiger partial charge in [0.25, 0.3) is 0 Å². The summed E-state index contributed by atoms with van der Waals surface area (Å²) in [5, 5.41) is 0. The van der Waals surface area contributed by atoms with E-state index in [4.69, 9.17) is 14.2 Å². The molecule has 0 heterocycles. The molecule has 206 valence electrons. The quantitative estimate of drug-likeness (QED) is 0.275. The maximum Gasteiger partial charge on any atom is 0.308 e. The lowest BCUT2D eigenvalue weighted by Crippen LogP contribution is -2.19. The fourth-order valence-electron chi connectivity index (χ4n) is 6.71. The molecule has 0 N–H and O–H groups in total. The molecule has 2 aliphatic carbocycles. The van der Waals surface area contributed by atoms with Crippen LogP contribution in [0.25, 0.3) is 11.1 Å². The standard InChI is InChI=1S/C34H39FO4/c1-21(33(36)38-5)26-14-10-23-9-11-25(19-28(23)26)39-20-22-8-13-27(30-18-24(37-4)12-15-32(30)35)29(17-22)31-7-6-16-34(31,2)3/h8-9,11-13,15,17-19,21,26,31H,6-7,10,14,16,20H2,1-5H3/t21-,26+,31-/m1/s1. The van der Waals surface area contributed by atoms with Crippen LogP contribution in [0.1, 0.15) is 80.5 Å². The molecule has 4 nitrogen and oxygen atoms in total. The largest absolute Gasteiger partial charge is 0.497 e. The summed E-state index contributed by atoms with van der Waals surface area (Å²) in [4.78, 5) is 12.2. The van der Waals surface area contributed by atoms with Gasteiger partial charge in [-0.1, -0.05) is 51.5 Å². The molecule has 0 spiro atoms. The van der Waals surface area contributed by atoms with E-state index in [1.165, 1.54) is 36.3 Å². The van der Waals surface area contributed by atoms with Gasteiger partial charge >= 0.3 is 5.97 Å². The van der Waals surface area contributed by atoms with Crippen molar-refractivity contribution in [1.29, 1.82) is 0 Å². The number of fused-ring (bicyclic) bond motifs is 1. The van der Waals surface area contributed by atoms with Crippen LogP contribution in [-0.4, -0.2) is 20.2 Å². The molecular formula is C34H39FO4. The molecule has 3 atom stereocenters. The number of methoxy groups -OCH3 is 2. The number of esters is 1. The zero-order valence-electron chi connectivity index (χ0n) is 23.7. The molecule has 3 aromatic carbocycles. The molecule has 3 aromatic rings. The minimum Gasteiger partial charge on any atom is -0.497 e. The van der Waals surface area contributed by atoms with E-state index in [1.807, 2.05) is 25.1 Å². The molecule has 5 heteroatoms. The highest BCUT2D eigenvalue weighted by Gasteiger charge is 2.37. The molecule has 39 heavy (non-hydrogen) atoms. The van der Waals surface area contributed by atoms with Gasteiger partial charge in [-0.3, -0.25) is 4.79 Å². The van der Waals surface area contributed by atoms with Gasteiger partial charge in [-0.2, -0.15) is 0 Å². The SMILES string of the molecule is COC(=O)[C@H](C)[C@@H]1CCc2ccc(OCc3ccc(-c4cc(OC)ccc4F)c([C@H]4CCCC4(C)C)c3)cc21. The van der Waals surface area contributed by atoms with Crippen molar-refractivity contribution in [3.63, 3.8) is 0 Å². The maximum absolute atomic E-state index is 15.1. The number of hydrogen-bond acceptors (Lipinski definition) is 4. The smallest absolute Gasteiger partial charge is 0.308 e. The Labute approximate surface area is 231 Å². The Bertz CT molecular complexity index is 1360. The lowest BCUT2D eigenvalue weighted by molar-refractivity contribution is -0.145. The van der Waals surface area contributed by atoms with Gasteiger partial charge in [-0.15, -0.1) is 0 Å². The highest BCUT2D eigenvalue weighted by molar-refractivity contribution is 5.73.